The Morgan fingerprint density at radius 1 is 1.33 bits per heavy atom. The minimum atomic E-state index is 0. The Bertz CT molecular complexity index is 428. The fraction of sp³-hybridized carbons (Fsp3) is 0.562. The molecule has 2 N–H and O–H groups in total. The molecule has 1 aliphatic heterocycles. The Hall–Kier alpha value is -0.430. The summed E-state index contributed by atoms with van der Waals surface area (Å²) in [4.78, 5) is 4.31. The van der Waals surface area contributed by atoms with Crippen LogP contribution in [0.2, 0.25) is 0 Å². The number of aliphatic imine (C=N–C) groups is 1. The SMILES string of the molecule is CN=C(NCCc1ccc(C)cc1)NC1CCCSC1.I. The lowest BCUT2D eigenvalue weighted by molar-refractivity contribution is 0.582. The zero-order valence-electron chi connectivity index (χ0n) is 12.9. The molecule has 0 aromatic heterocycles. The highest BCUT2D eigenvalue weighted by Crippen LogP contribution is 2.16. The van der Waals surface area contributed by atoms with E-state index in [0.29, 0.717) is 6.04 Å². The van der Waals surface area contributed by atoms with Crippen LogP contribution in [0, 0.1) is 6.92 Å². The molecule has 0 spiro atoms. The molecule has 5 heteroatoms. The summed E-state index contributed by atoms with van der Waals surface area (Å²) in [6.45, 7) is 3.04. The summed E-state index contributed by atoms with van der Waals surface area (Å²) in [7, 11) is 1.84. The second kappa shape index (κ2) is 10.3. The van der Waals surface area contributed by atoms with Gasteiger partial charge in [-0.3, -0.25) is 4.99 Å². The first kappa shape index (κ1) is 18.6. The van der Waals surface area contributed by atoms with Crippen molar-refractivity contribution >= 4 is 41.7 Å². The highest BCUT2D eigenvalue weighted by Gasteiger charge is 2.14. The number of hydrogen-bond acceptors (Lipinski definition) is 2. The van der Waals surface area contributed by atoms with Crippen molar-refractivity contribution in [1.82, 2.24) is 10.6 Å². The van der Waals surface area contributed by atoms with Crippen LogP contribution in [0.3, 0.4) is 0 Å². The first-order valence-corrected chi connectivity index (χ1v) is 8.54. The van der Waals surface area contributed by atoms with Gasteiger partial charge in [0.1, 0.15) is 0 Å². The maximum absolute atomic E-state index is 4.31. The second-order valence-corrected chi connectivity index (χ2v) is 6.44. The first-order valence-electron chi connectivity index (χ1n) is 7.38. The van der Waals surface area contributed by atoms with Crippen molar-refractivity contribution in [1.29, 1.82) is 0 Å². The standard InChI is InChI=1S/C16H25N3S.HI/c1-13-5-7-14(8-6-13)9-10-18-16(17-2)19-15-4-3-11-20-12-15;/h5-8,15H,3-4,9-12H2,1-2H3,(H2,17,18,19);1H. The van der Waals surface area contributed by atoms with Gasteiger partial charge in [-0.05, 0) is 37.5 Å². The average Bonchev–Trinajstić information content (AvgIpc) is 2.49. The Morgan fingerprint density at radius 2 is 2.10 bits per heavy atom. The number of guanidine groups is 1. The topological polar surface area (TPSA) is 36.4 Å². The lowest BCUT2D eigenvalue weighted by Crippen LogP contribution is -2.46. The third kappa shape index (κ3) is 6.91. The van der Waals surface area contributed by atoms with E-state index in [0.717, 1.165) is 18.9 Å². The number of hydrogen-bond donors (Lipinski definition) is 2. The van der Waals surface area contributed by atoms with Gasteiger partial charge < -0.3 is 10.6 Å². The zero-order valence-corrected chi connectivity index (χ0v) is 16.0. The molecule has 1 heterocycles. The van der Waals surface area contributed by atoms with Crippen molar-refractivity contribution in [2.45, 2.75) is 32.2 Å². The highest BCUT2D eigenvalue weighted by atomic mass is 127. The third-order valence-electron chi connectivity index (χ3n) is 3.55. The summed E-state index contributed by atoms with van der Waals surface area (Å²) in [6, 6.07) is 9.30. The van der Waals surface area contributed by atoms with Crippen molar-refractivity contribution in [3.8, 4) is 0 Å². The molecule has 0 aliphatic carbocycles. The van der Waals surface area contributed by atoms with Crippen molar-refractivity contribution in [2.75, 3.05) is 25.1 Å². The summed E-state index contributed by atoms with van der Waals surface area (Å²) in [6.07, 6.45) is 3.59. The highest BCUT2D eigenvalue weighted by molar-refractivity contribution is 14.0. The van der Waals surface area contributed by atoms with Gasteiger partial charge in [0.15, 0.2) is 5.96 Å². The minimum Gasteiger partial charge on any atom is -0.356 e. The number of thioether (sulfide) groups is 1. The van der Waals surface area contributed by atoms with Gasteiger partial charge in [-0.2, -0.15) is 11.8 Å². The number of nitrogens with one attached hydrogen (secondary N) is 2. The number of benzene rings is 1. The van der Waals surface area contributed by atoms with E-state index in [1.807, 2.05) is 18.8 Å². The van der Waals surface area contributed by atoms with Gasteiger partial charge in [-0.25, -0.2) is 0 Å². The molecule has 1 aliphatic rings. The van der Waals surface area contributed by atoms with Crippen LogP contribution >= 0.6 is 35.7 Å². The van der Waals surface area contributed by atoms with E-state index in [2.05, 4.69) is 46.8 Å². The molecule has 3 nitrogen and oxygen atoms in total. The van der Waals surface area contributed by atoms with Gasteiger partial charge in [-0.15, -0.1) is 24.0 Å². The molecule has 118 valence electrons. The first-order chi connectivity index (χ1) is 9.78. The maximum atomic E-state index is 4.31. The van der Waals surface area contributed by atoms with E-state index in [4.69, 9.17) is 0 Å². The monoisotopic (exact) mass is 419 g/mol. The van der Waals surface area contributed by atoms with Crippen LogP contribution < -0.4 is 10.6 Å². The van der Waals surface area contributed by atoms with Crippen LogP contribution in [0.25, 0.3) is 0 Å². The number of nitrogens with zero attached hydrogens (tertiary/aromatic N) is 1. The number of aryl methyl sites for hydroxylation is 1. The van der Waals surface area contributed by atoms with Crippen LogP contribution in [0.5, 0.6) is 0 Å². The van der Waals surface area contributed by atoms with Crippen molar-refractivity contribution in [3.05, 3.63) is 35.4 Å². The van der Waals surface area contributed by atoms with Gasteiger partial charge in [0, 0.05) is 25.4 Å². The molecule has 21 heavy (non-hydrogen) atoms. The molecule has 0 amide bonds. The van der Waals surface area contributed by atoms with Crippen LogP contribution in [-0.4, -0.2) is 37.1 Å². The molecule has 1 atom stereocenters. The normalized spacial score (nSPS) is 18.8. The van der Waals surface area contributed by atoms with Crippen molar-refractivity contribution < 1.29 is 0 Å². The minimum absolute atomic E-state index is 0. The largest absolute Gasteiger partial charge is 0.356 e. The predicted molar refractivity (Wildman–Crippen MR) is 105 cm³/mol. The lowest BCUT2D eigenvalue weighted by atomic mass is 10.1. The number of halogens is 1. The van der Waals surface area contributed by atoms with Gasteiger partial charge in [0.2, 0.25) is 0 Å². The van der Waals surface area contributed by atoms with Crippen LogP contribution in [-0.2, 0) is 6.42 Å². The van der Waals surface area contributed by atoms with E-state index in [1.165, 1.54) is 35.5 Å². The lowest BCUT2D eigenvalue weighted by Gasteiger charge is -2.24. The summed E-state index contributed by atoms with van der Waals surface area (Å²) >= 11 is 2.03. The van der Waals surface area contributed by atoms with Crippen molar-refractivity contribution in [2.24, 2.45) is 4.99 Å². The summed E-state index contributed by atoms with van der Waals surface area (Å²) in [5.74, 6) is 3.43. The molecule has 0 radical (unpaired) electrons. The molecule has 0 saturated carbocycles. The smallest absolute Gasteiger partial charge is 0.191 e. The third-order valence-corrected chi connectivity index (χ3v) is 4.77. The molecular weight excluding hydrogens is 393 g/mol. The Morgan fingerprint density at radius 3 is 2.71 bits per heavy atom. The summed E-state index contributed by atoms with van der Waals surface area (Å²) in [5, 5.41) is 6.93. The summed E-state index contributed by atoms with van der Waals surface area (Å²) in [5.41, 5.74) is 2.68. The fourth-order valence-corrected chi connectivity index (χ4v) is 3.39. The van der Waals surface area contributed by atoms with E-state index in [1.54, 1.807) is 0 Å². The molecule has 0 bridgehead atoms. The molecule has 1 aromatic rings. The van der Waals surface area contributed by atoms with Crippen LogP contribution in [0.15, 0.2) is 29.3 Å². The van der Waals surface area contributed by atoms with Gasteiger partial charge in [0.25, 0.3) is 0 Å². The average molecular weight is 419 g/mol. The van der Waals surface area contributed by atoms with Crippen LogP contribution in [0.4, 0.5) is 0 Å². The van der Waals surface area contributed by atoms with E-state index >= 15 is 0 Å². The molecule has 1 saturated heterocycles. The van der Waals surface area contributed by atoms with Gasteiger partial charge in [-0.1, -0.05) is 29.8 Å². The second-order valence-electron chi connectivity index (χ2n) is 5.29. The molecule has 1 unspecified atom stereocenters. The molecular formula is C16H26IN3S. The Balaban J connectivity index is 0.00000220. The predicted octanol–water partition coefficient (Wildman–Crippen LogP) is 3.22. The number of rotatable bonds is 4. The van der Waals surface area contributed by atoms with Gasteiger partial charge in [0.05, 0.1) is 0 Å². The van der Waals surface area contributed by atoms with E-state index in [-0.39, 0.29) is 24.0 Å². The quantitative estimate of drug-likeness (QED) is 0.447. The van der Waals surface area contributed by atoms with E-state index in [9.17, 15) is 0 Å². The summed E-state index contributed by atoms with van der Waals surface area (Å²) < 4.78 is 0. The van der Waals surface area contributed by atoms with Crippen LogP contribution in [0.1, 0.15) is 24.0 Å². The molecule has 1 fully saturated rings. The zero-order chi connectivity index (χ0) is 14.2. The van der Waals surface area contributed by atoms with Crippen molar-refractivity contribution in [3.63, 3.8) is 0 Å². The molecule has 2 rings (SSSR count). The van der Waals surface area contributed by atoms with E-state index < -0.39 is 0 Å². The van der Waals surface area contributed by atoms with Gasteiger partial charge >= 0.3 is 0 Å². The maximum Gasteiger partial charge on any atom is 0.191 e. The Kier molecular flexibility index (Phi) is 9.15. The fourth-order valence-electron chi connectivity index (χ4n) is 2.32. The Labute approximate surface area is 149 Å². The molecule has 1 aromatic carbocycles.